The number of nitrogens with zero attached hydrogens (tertiary/aromatic N) is 2. The van der Waals surface area contributed by atoms with Crippen molar-refractivity contribution in [1.29, 1.82) is 0 Å². The molecule has 0 fully saturated rings. The summed E-state index contributed by atoms with van der Waals surface area (Å²) in [6.45, 7) is 4.68. The molecular weight excluding hydrogens is 428 g/mol. The molecule has 1 aliphatic rings. The van der Waals surface area contributed by atoms with Crippen LogP contribution in [-0.4, -0.2) is 9.55 Å². The summed E-state index contributed by atoms with van der Waals surface area (Å²) in [5.74, 6) is 0. The van der Waals surface area contributed by atoms with E-state index in [0.717, 1.165) is 22.1 Å². The fourth-order valence-corrected chi connectivity index (χ4v) is 6.11. The topological polar surface area (TPSA) is 31.0 Å². The van der Waals surface area contributed by atoms with E-state index in [0.29, 0.717) is 6.01 Å². The van der Waals surface area contributed by atoms with Crippen LogP contribution in [0.2, 0.25) is 0 Å². The van der Waals surface area contributed by atoms with E-state index in [-0.39, 0.29) is 5.41 Å². The molecule has 1 aliphatic carbocycles. The van der Waals surface area contributed by atoms with E-state index in [1.165, 1.54) is 43.8 Å². The van der Waals surface area contributed by atoms with E-state index in [2.05, 4.69) is 91.2 Å². The Morgan fingerprint density at radius 1 is 0.714 bits per heavy atom. The lowest BCUT2D eigenvalue weighted by Crippen LogP contribution is -2.14. The van der Waals surface area contributed by atoms with Crippen molar-refractivity contribution in [3.63, 3.8) is 0 Å². The zero-order valence-corrected chi connectivity index (χ0v) is 19.5. The average molecular weight is 451 g/mol. The molecule has 0 saturated carbocycles. The molecule has 0 bridgehead atoms. The Morgan fingerprint density at radius 3 is 2.31 bits per heavy atom. The highest BCUT2D eigenvalue weighted by Gasteiger charge is 2.38. The first-order valence-electron chi connectivity index (χ1n) is 12.1. The molecule has 3 heteroatoms. The first-order chi connectivity index (χ1) is 17.1. The van der Waals surface area contributed by atoms with Gasteiger partial charge in [0.25, 0.3) is 0 Å². The van der Waals surface area contributed by atoms with Gasteiger partial charge in [-0.2, -0.15) is 4.98 Å². The number of para-hydroxylation sites is 3. The number of benzene rings is 5. The fourth-order valence-electron chi connectivity index (χ4n) is 6.11. The van der Waals surface area contributed by atoms with Crippen molar-refractivity contribution >= 4 is 43.7 Å². The lowest BCUT2D eigenvalue weighted by Gasteiger charge is -2.21. The Morgan fingerprint density at radius 2 is 1.46 bits per heavy atom. The molecule has 0 amide bonds. The van der Waals surface area contributed by atoms with Crippen LogP contribution in [0.4, 0.5) is 0 Å². The van der Waals surface area contributed by atoms with Gasteiger partial charge in [0.05, 0.1) is 11.0 Å². The van der Waals surface area contributed by atoms with Crippen LogP contribution in [0.3, 0.4) is 0 Å². The molecule has 0 atom stereocenters. The highest BCUT2D eigenvalue weighted by Crippen LogP contribution is 2.53. The van der Waals surface area contributed by atoms with Crippen LogP contribution in [-0.2, 0) is 5.41 Å². The number of oxazole rings is 1. The molecule has 7 aromatic rings. The Kier molecular flexibility index (Phi) is 3.47. The summed E-state index contributed by atoms with van der Waals surface area (Å²) in [4.78, 5) is 4.92. The van der Waals surface area contributed by atoms with Gasteiger partial charge >= 0.3 is 6.01 Å². The zero-order valence-electron chi connectivity index (χ0n) is 19.5. The summed E-state index contributed by atoms with van der Waals surface area (Å²) >= 11 is 0. The lowest BCUT2D eigenvalue weighted by molar-refractivity contribution is 0.574. The second kappa shape index (κ2) is 6.39. The summed E-state index contributed by atoms with van der Waals surface area (Å²) in [5.41, 5.74) is 9.13. The van der Waals surface area contributed by atoms with Crippen molar-refractivity contribution in [3.05, 3.63) is 108 Å². The van der Waals surface area contributed by atoms with Crippen LogP contribution in [0, 0.1) is 0 Å². The first kappa shape index (κ1) is 19.0. The molecule has 0 saturated heterocycles. The van der Waals surface area contributed by atoms with Crippen LogP contribution >= 0.6 is 0 Å². The van der Waals surface area contributed by atoms with E-state index in [1.54, 1.807) is 0 Å². The van der Waals surface area contributed by atoms with Crippen molar-refractivity contribution < 1.29 is 4.42 Å². The van der Waals surface area contributed by atoms with Crippen molar-refractivity contribution in [2.45, 2.75) is 19.3 Å². The molecule has 2 aromatic heterocycles. The van der Waals surface area contributed by atoms with Gasteiger partial charge in [-0.3, -0.25) is 4.57 Å². The van der Waals surface area contributed by atoms with Crippen LogP contribution in [0.25, 0.3) is 60.8 Å². The van der Waals surface area contributed by atoms with Crippen LogP contribution in [0.15, 0.2) is 101 Å². The van der Waals surface area contributed by atoms with E-state index in [9.17, 15) is 0 Å². The molecule has 0 aliphatic heterocycles. The standard InChI is InChI=1S/C32H22N2O/c1-32(2)24-16-15-22-21-11-5-7-13-27(21)34(31-33-26-12-6-8-14-28(26)35-31)30(22)29(24)23-17-19-9-3-4-10-20(19)18-25(23)32/h3-18H,1-2H3. The quantitative estimate of drug-likeness (QED) is 0.251. The molecule has 5 aromatic carbocycles. The zero-order chi connectivity index (χ0) is 23.3. The summed E-state index contributed by atoms with van der Waals surface area (Å²) in [7, 11) is 0. The van der Waals surface area contributed by atoms with Gasteiger partial charge < -0.3 is 4.42 Å². The van der Waals surface area contributed by atoms with E-state index in [4.69, 9.17) is 9.40 Å². The third-order valence-electron chi connectivity index (χ3n) is 7.81. The highest BCUT2D eigenvalue weighted by atomic mass is 16.4. The largest absolute Gasteiger partial charge is 0.423 e. The van der Waals surface area contributed by atoms with Gasteiger partial charge in [-0.25, -0.2) is 0 Å². The smallest absolute Gasteiger partial charge is 0.307 e. The summed E-state index contributed by atoms with van der Waals surface area (Å²) in [6, 6.07) is 35.1. The van der Waals surface area contributed by atoms with Gasteiger partial charge in [-0.05, 0) is 57.8 Å². The van der Waals surface area contributed by atoms with Gasteiger partial charge in [0.2, 0.25) is 0 Å². The Bertz CT molecular complexity index is 1950. The van der Waals surface area contributed by atoms with Crippen molar-refractivity contribution in [3.8, 4) is 17.1 Å². The molecule has 166 valence electrons. The lowest BCUT2D eigenvalue weighted by atomic mass is 9.82. The minimum atomic E-state index is -0.106. The third-order valence-corrected chi connectivity index (χ3v) is 7.81. The SMILES string of the molecule is CC1(C)c2cc3ccccc3cc2-c2c1ccc1c3ccccc3n(-c3nc4ccccc4o3)c21. The molecule has 2 heterocycles. The second-order valence-corrected chi connectivity index (χ2v) is 10.1. The predicted molar refractivity (Wildman–Crippen MR) is 143 cm³/mol. The molecular formula is C32H22N2O. The maximum absolute atomic E-state index is 6.35. The van der Waals surface area contributed by atoms with Gasteiger partial charge in [-0.1, -0.05) is 80.6 Å². The van der Waals surface area contributed by atoms with Gasteiger partial charge in [0, 0.05) is 21.8 Å². The molecule has 0 radical (unpaired) electrons. The molecule has 0 spiro atoms. The molecule has 0 unspecified atom stereocenters. The van der Waals surface area contributed by atoms with Gasteiger partial charge in [0.1, 0.15) is 5.52 Å². The summed E-state index contributed by atoms with van der Waals surface area (Å²) < 4.78 is 8.58. The van der Waals surface area contributed by atoms with Crippen molar-refractivity contribution in [2.75, 3.05) is 0 Å². The Labute approximate surface area is 202 Å². The van der Waals surface area contributed by atoms with Gasteiger partial charge in [-0.15, -0.1) is 0 Å². The van der Waals surface area contributed by atoms with E-state index >= 15 is 0 Å². The van der Waals surface area contributed by atoms with Crippen LogP contribution in [0.1, 0.15) is 25.0 Å². The number of rotatable bonds is 1. The van der Waals surface area contributed by atoms with Crippen molar-refractivity contribution in [2.24, 2.45) is 0 Å². The molecule has 35 heavy (non-hydrogen) atoms. The summed E-state index contributed by atoms with van der Waals surface area (Å²) in [6.07, 6.45) is 0. The molecule has 8 rings (SSSR count). The minimum absolute atomic E-state index is 0.106. The second-order valence-electron chi connectivity index (χ2n) is 10.1. The number of fused-ring (bicyclic) bond motifs is 9. The normalized spacial score (nSPS) is 14.2. The van der Waals surface area contributed by atoms with Crippen molar-refractivity contribution in [1.82, 2.24) is 9.55 Å². The molecule has 3 nitrogen and oxygen atoms in total. The van der Waals surface area contributed by atoms with E-state index in [1.807, 2.05) is 24.3 Å². The van der Waals surface area contributed by atoms with E-state index < -0.39 is 0 Å². The third kappa shape index (κ3) is 2.37. The monoisotopic (exact) mass is 450 g/mol. The molecule has 0 N–H and O–H groups in total. The first-order valence-corrected chi connectivity index (χ1v) is 12.1. The highest BCUT2D eigenvalue weighted by molar-refractivity contribution is 6.16. The minimum Gasteiger partial charge on any atom is -0.423 e. The number of aromatic nitrogens is 2. The maximum Gasteiger partial charge on any atom is 0.307 e. The number of hydrogen-bond donors (Lipinski definition) is 0. The number of hydrogen-bond acceptors (Lipinski definition) is 2. The maximum atomic E-state index is 6.35. The van der Waals surface area contributed by atoms with Crippen LogP contribution in [0.5, 0.6) is 0 Å². The Balaban J connectivity index is 1.58. The van der Waals surface area contributed by atoms with Gasteiger partial charge in [0.15, 0.2) is 5.58 Å². The fraction of sp³-hybridized carbons (Fsp3) is 0.0938. The summed E-state index contributed by atoms with van der Waals surface area (Å²) in [5, 5.41) is 4.97. The Hall–Kier alpha value is -4.37. The predicted octanol–water partition coefficient (Wildman–Crippen LogP) is 8.38. The average Bonchev–Trinajstić information content (AvgIpc) is 3.52. The van der Waals surface area contributed by atoms with Crippen LogP contribution < -0.4 is 0 Å².